The van der Waals surface area contributed by atoms with Crippen LogP contribution in [0.5, 0.6) is 0 Å². The molecule has 0 unspecified atom stereocenters. The number of guanidine groups is 1. The Balaban J connectivity index is 2.01. The first-order valence-corrected chi connectivity index (χ1v) is 9.48. The SMILES string of the molecule is CCNC(=NCc1ncc(CC)s1)NCC(C)(C)c1cccc(F)c1. The van der Waals surface area contributed by atoms with Gasteiger partial charge in [-0.3, -0.25) is 0 Å². The Labute approximate surface area is 153 Å². The van der Waals surface area contributed by atoms with Crippen molar-refractivity contribution in [3.8, 4) is 0 Å². The molecule has 0 fully saturated rings. The van der Waals surface area contributed by atoms with Crippen molar-refractivity contribution in [3.05, 3.63) is 51.7 Å². The Bertz CT molecular complexity index is 709. The Morgan fingerprint density at radius 3 is 2.72 bits per heavy atom. The molecule has 1 heterocycles. The van der Waals surface area contributed by atoms with Crippen molar-refractivity contribution in [2.45, 2.75) is 46.1 Å². The van der Waals surface area contributed by atoms with E-state index >= 15 is 0 Å². The molecule has 2 rings (SSSR count). The molecule has 0 bridgehead atoms. The molecule has 0 aliphatic rings. The summed E-state index contributed by atoms with van der Waals surface area (Å²) in [6, 6.07) is 6.76. The second-order valence-corrected chi connectivity index (χ2v) is 7.72. The maximum absolute atomic E-state index is 13.5. The second kappa shape index (κ2) is 8.94. The van der Waals surface area contributed by atoms with Gasteiger partial charge in [0.05, 0.1) is 6.54 Å². The quantitative estimate of drug-likeness (QED) is 0.580. The summed E-state index contributed by atoms with van der Waals surface area (Å²) >= 11 is 1.70. The zero-order valence-electron chi connectivity index (χ0n) is 15.4. The number of halogens is 1. The van der Waals surface area contributed by atoms with Crippen LogP contribution in [-0.4, -0.2) is 24.0 Å². The molecule has 136 valence electrons. The molecule has 0 atom stereocenters. The maximum Gasteiger partial charge on any atom is 0.191 e. The lowest BCUT2D eigenvalue weighted by Gasteiger charge is -2.26. The van der Waals surface area contributed by atoms with Crippen LogP contribution in [0.2, 0.25) is 0 Å². The van der Waals surface area contributed by atoms with Gasteiger partial charge in [-0.05, 0) is 31.0 Å². The average Bonchev–Trinajstić information content (AvgIpc) is 3.05. The third kappa shape index (κ3) is 5.81. The number of nitrogens with zero attached hydrogens (tertiary/aromatic N) is 2. The molecule has 0 aliphatic carbocycles. The van der Waals surface area contributed by atoms with Gasteiger partial charge in [-0.15, -0.1) is 11.3 Å². The van der Waals surface area contributed by atoms with Crippen molar-refractivity contribution < 1.29 is 4.39 Å². The molecule has 1 aromatic heterocycles. The third-order valence-corrected chi connectivity index (χ3v) is 5.10. The molecule has 25 heavy (non-hydrogen) atoms. The highest BCUT2D eigenvalue weighted by Gasteiger charge is 2.21. The number of benzene rings is 1. The minimum atomic E-state index is -0.213. The Hall–Kier alpha value is -1.95. The molecule has 0 saturated carbocycles. The Kier molecular flexibility index (Phi) is 6.93. The zero-order chi connectivity index (χ0) is 18.3. The van der Waals surface area contributed by atoms with Gasteiger partial charge < -0.3 is 10.6 Å². The van der Waals surface area contributed by atoms with Gasteiger partial charge in [-0.25, -0.2) is 14.4 Å². The molecule has 0 aliphatic heterocycles. The lowest BCUT2D eigenvalue weighted by Crippen LogP contribution is -2.43. The van der Waals surface area contributed by atoms with Crippen molar-refractivity contribution in [1.29, 1.82) is 0 Å². The maximum atomic E-state index is 13.5. The summed E-state index contributed by atoms with van der Waals surface area (Å²) in [4.78, 5) is 10.3. The van der Waals surface area contributed by atoms with Crippen LogP contribution in [-0.2, 0) is 18.4 Å². The highest BCUT2D eigenvalue weighted by molar-refractivity contribution is 7.11. The van der Waals surface area contributed by atoms with Gasteiger partial charge in [0.15, 0.2) is 5.96 Å². The van der Waals surface area contributed by atoms with E-state index in [1.807, 2.05) is 19.2 Å². The fourth-order valence-corrected chi connectivity index (χ4v) is 3.18. The molecule has 0 radical (unpaired) electrons. The standard InChI is InChI=1S/C19H27FN4S/c1-5-16-11-22-17(25-16)12-23-18(21-6-2)24-13-19(3,4)14-8-7-9-15(20)10-14/h7-11H,5-6,12-13H2,1-4H3,(H2,21,23,24). The molecular formula is C19H27FN4S. The fraction of sp³-hybridized carbons (Fsp3) is 0.474. The second-order valence-electron chi connectivity index (χ2n) is 6.52. The summed E-state index contributed by atoms with van der Waals surface area (Å²) in [6.45, 7) is 10.3. The van der Waals surface area contributed by atoms with Gasteiger partial charge in [0.1, 0.15) is 10.8 Å². The number of hydrogen-bond acceptors (Lipinski definition) is 3. The number of aromatic nitrogens is 1. The van der Waals surface area contributed by atoms with Crippen molar-refractivity contribution in [3.63, 3.8) is 0 Å². The first kappa shape index (κ1) is 19.4. The average molecular weight is 363 g/mol. The number of thiazole rings is 1. The summed E-state index contributed by atoms with van der Waals surface area (Å²) < 4.78 is 13.5. The summed E-state index contributed by atoms with van der Waals surface area (Å²) in [6.07, 6.45) is 2.92. The number of hydrogen-bond donors (Lipinski definition) is 2. The minimum Gasteiger partial charge on any atom is -0.357 e. The first-order valence-electron chi connectivity index (χ1n) is 8.66. The van der Waals surface area contributed by atoms with E-state index < -0.39 is 0 Å². The minimum absolute atomic E-state index is 0.207. The Morgan fingerprint density at radius 2 is 2.08 bits per heavy atom. The molecule has 2 N–H and O–H groups in total. The number of rotatable bonds is 7. The highest BCUT2D eigenvalue weighted by Crippen LogP contribution is 2.22. The zero-order valence-corrected chi connectivity index (χ0v) is 16.2. The predicted octanol–water partition coefficient (Wildman–Crippen LogP) is 3.88. The third-order valence-electron chi connectivity index (χ3n) is 3.97. The van der Waals surface area contributed by atoms with E-state index in [-0.39, 0.29) is 11.2 Å². The van der Waals surface area contributed by atoms with E-state index in [4.69, 9.17) is 0 Å². The van der Waals surface area contributed by atoms with Crippen LogP contribution >= 0.6 is 11.3 Å². The van der Waals surface area contributed by atoms with Gasteiger partial charge >= 0.3 is 0 Å². The van der Waals surface area contributed by atoms with Crippen LogP contribution in [0.15, 0.2) is 35.5 Å². The van der Waals surface area contributed by atoms with E-state index in [2.05, 4.69) is 41.4 Å². The van der Waals surface area contributed by atoms with E-state index in [1.54, 1.807) is 23.5 Å². The van der Waals surface area contributed by atoms with Crippen LogP contribution < -0.4 is 10.6 Å². The monoisotopic (exact) mass is 362 g/mol. The van der Waals surface area contributed by atoms with E-state index in [0.29, 0.717) is 13.1 Å². The molecule has 0 saturated heterocycles. The molecule has 4 nitrogen and oxygen atoms in total. The molecule has 6 heteroatoms. The van der Waals surface area contributed by atoms with Crippen molar-refractivity contribution >= 4 is 17.3 Å². The van der Waals surface area contributed by atoms with Crippen molar-refractivity contribution in [2.24, 2.45) is 4.99 Å². The van der Waals surface area contributed by atoms with E-state index in [1.165, 1.54) is 10.9 Å². The lowest BCUT2D eigenvalue weighted by atomic mass is 9.84. The molecular weight excluding hydrogens is 335 g/mol. The van der Waals surface area contributed by atoms with Crippen LogP contribution in [0.4, 0.5) is 4.39 Å². The highest BCUT2D eigenvalue weighted by atomic mass is 32.1. The first-order chi connectivity index (χ1) is 11.9. The van der Waals surface area contributed by atoms with Gasteiger partial charge in [-0.1, -0.05) is 32.9 Å². The number of aryl methyl sites for hydroxylation is 1. The van der Waals surface area contributed by atoms with Crippen LogP contribution in [0, 0.1) is 5.82 Å². The Morgan fingerprint density at radius 1 is 1.28 bits per heavy atom. The molecule has 1 aromatic carbocycles. The summed E-state index contributed by atoms with van der Waals surface area (Å²) in [5.74, 6) is 0.543. The largest absolute Gasteiger partial charge is 0.357 e. The van der Waals surface area contributed by atoms with Crippen LogP contribution in [0.25, 0.3) is 0 Å². The summed E-state index contributed by atoms with van der Waals surface area (Å²) in [7, 11) is 0. The summed E-state index contributed by atoms with van der Waals surface area (Å²) in [5.41, 5.74) is 0.748. The van der Waals surface area contributed by atoms with Gasteiger partial charge in [0.25, 0.3) is 0 Å². The van der Waals surface area contributed by atoms with Crippen LogP contribution in [0.3, 0.4) is 0 Å². The molecule has 2 aromatic rings. The number of nitrogens with one attached hydrogen (secondary N) is 2. The molecule has 0 amide bonds. The molecule has 0 spiro atoms. The smallest absolute Gasteiger partial charge is 0.191 e. The summed E-state index contributed by atoms with van der Waals surface area (Å²) in [5, 5.41) is 7.63. The van der Waals surface area contributed by atoms with E-state index in [0.717, 1.165) is 29.5 Å². The van der Waals surface area contributed by atoms with Crippen LogP contribution in [0.1, 0.15) is 43.1 Å². The number of aliphatic imine (C=N–C) groups is 1. The van der Waals surface area contributed by atoms with E-state index in [9.17, 15) is 4.39 Å². The fourth-order valence-electron chi connectivity index (χ4n) is 2.39. The van der Waals surface area contributed by atoms with Crippen molar-refractivity contribution in [1.82, 2.24) is 15.6 Å². The van der Waals surface area contributed by atoms with Crippen molar-refractivity contribution in [2.75, 3.05) is 13.1 Å². The topological polar surface area (TPSA) is 49.3 Å². The lowest BCUT2D eigenvalue weighted by molar-refractivity contribution is 0.503. The van der Waals surface area contributed by atoms with Gasteiger partial charge in [0, 0.05) is 29.6 Å². The van der Waals surface area contributed by atoms with Gasteiger partial charge in [0.2, 0.25) is 0 Å². The predicted molar refractivity (Wildman–Crippen MR) is 104 cm³/mol. The normalized spacial score (nSPS) is 12.3. The van der Waals surface area contributed by atoms with Gasteiger partial charge in [-0.2, -0.15) is 0 Å².